The number of nitrogens with one attached hydrogen (secondary N) is 1. The van der Waals surface area contributed by atoms with Gasteiger partial charge in [0.25, 0.3) is 12.2 Å². The second-order valence-electron chi connectivity index (χ2n) is 4.29. The van der Waals surface area contributed by atoms with Crippen LogP contribution in [-0.4, -0.2) is 18.2 Å². The number of rotatable bonds is 2. The van der Waals surface area contributed by atoms with Crippen LogP contribution in [-0.2, 0) is 19.1 Å². The molecule has 1 aromatic rings. The van der Waals surface area contributed by atoms with E-state index >= 15 is 0 Å². The number of hydrogen-bond acceptors (Lipinski definition) is 4. The molecule has 0 aromatic heterocycles. The van der Waals surface area contributed by atoms with E-state index in [1.54, 1.807) is 13.0 Å². The molecule has 0 bridgehead atoms. The summed E-state index contributed by atoms with van der Waals surface area (Å²) in [4.78, 5) is 23.0. The Labute approximate surface area is 109 Å². The fourth-order valence-corrected chi connectivity index (χ4v) is 1.96. The highest BCUT2D eigenvalue weighted by Gasteiger charge is 2.26. The van der Waals surface area contributed by atoms with Crippen molar-refractivity contribution in [1.82, 2.24) is 0 Å². The van der Waals surface area contributed by atoms with Crippen molar-refractivity contribution >= 4 is 23.1 Å². The van der Waals surface area contributed by atoms with Crippen molar-refractivity contribution in [3.8, 4) is 0 Å². The number of carbonyl (C=O) groups excluding carboxylic acids is 2. The number of esters is 1. The van der Waals surface area contributed by atoms with Crippen molar-refractivity contribution in [2.45, 2.75) is 13.2 Å². The van der Waals surface area contributed by atoms with E-state index < -0.39 is 12.3 Å². The predicted octanol–water partition coefficient (Wildman–Crippen LogP) is 1.83. The molecular weight excluding hydrogens is 246 g/mol. The summed E-state index contributed by atoms with van der Waals surface area (Å²) in [7, 11) is 0. The van der Waals surface area contributed by atoms with E-state index in [4.69, 9.17) is 9.47 Å². The molecule has 1 aromatic carbocycles. The number of anilines is 1. The molecule has 5 heteroatoms. The maximum Gasteiger partial charge on any atom is 0.336 e. The third-order valence-electron chi connectivity index (χ3n) is 2.96. The normalized spacial score (nSPS) is 22.9. The van der Waals surface area contributed by atoms with Gasteiger partial charge in [-0.15, -0.1) is 0 Å². The lowest BCUT2D eigenvalue weighted by atomic mass is 10.1. The van der Waals surface area contributed by atoms with Crippen molar-refractivity contribution in [2.75, 3.05) is 5.32 Å². The Kier molecular flexibility index (Phi) is 2.59. The van der Waals surface area contributed by atoms with Gasteiger partial charge >= 0.3 is 5.97 Å². The van der Waals surface area contributed by atoms with E-state index in [2.05, 4.69) is 5.32 Å². The summed E-state index contributed by atoms with van der Waals surface area (Å²) in [5.74, 6) is -0.633. The molecule has 1 atom stereocenters. The number of amides is 1. The second-order valence-corrected chi connectivity index (χ2v) is 4.29. The van der Waals surface area contributed by atoms with Crippen LogP contribution >= 0.6 is 0 Å². The Bertz CT molecular complexity index is 630. The third kappa shape index (κ3) is 1.99. The van der Waals surface area contributed by atoms with Crippen molar-refractivity contribution in [1.29, 1.82) is 0 Å². The van der Waals surface area contributed by atoms with Gasteiger partial charge in [-0.05, 0) is 13.0 Å². The first-order chi connectivity index (χ1) is 9.15. The minimum absolute atomic E-state index is 0.230. The summed E-state index contributed by atoms with van der Waals surface area (Å²) < 4.78 is 10.2. The second kappa shape index (κ2) is 4.28. The quantitative estimate of drug-likeness (QED) is 0.498. The maximum absolute atomic E-state index is 11.8. The first kappa shape index (κ1) is 11.5. The summed E-state index contributed by atoms with van der Waals surface area (Å²) in [5.41, 5.74) is 2.44. The van der Waals surface area contributed by atoms with Crippen LogP contribution in [0.2, 0.25) is 0 Å². The Balaban J connectivity index is 1.82. The lowest BCUT2D eigenvalue weighted by molar-refractivity contribution is -0.152. The molecule has 19 heavy (non-hydrogen) atoms. The molecule has 0 spiro atoms. The predicted molar refractivity (Wildman–Crippen MR) is 67.8 cm³/mol. The van der Waals surface area contributed by atoms with Crippen molar-refractivity contribution in [3.63, 3.8) is 0 Å². The van der Waals surface area contributed by atoms with Gasteiger partial charge in [-0.3, -0.25) is 4.79 Å². The van der Waals surface area contributed by atoms with Gasteiger partial charge in [0.15, 0.2) is 0 Å². The smallest absolute Gasteiger partial charge is 0.336 e. The average Bonchev–Trinajstić information content (AvgIpc) is 2.87. The number of benzene rings is 1. The molecule has 2 aliphatic heterocycles. The van der Waals surface area contributed by atoms with Crippen molar-refractivity contribution in [3.05, 3.63) is 47.7 Å². The minimum Gasteiger partial charge on any atom is -0.458 e. The molecule has 1 N–H and O–H groups in total. The SMILES string of the molecule is CC1=CC(O/C=C2\C(=O)Nc3ccccc32)OC1=O. The molecule has 1 unspecified atom stereocenters. The monoisotopic (exact) mass is 257 g/mol. The van der Waals surface area contributed by atoms with E-state index in [9.17, 15) is 9.59 Å². The largest absolute Gasteiger partial charge is 0.458 e. The molecular formula is C14H11NO4. The zero-order valence-electron chi connectivity index (χ0n) is 10.2. The van der Waals surface area contributed by atoms with Crippen LogP contribution < -0.4 is 5.32 Å². The molecule has 0 radical (unpaired) electrons. The number of fused-ring (bicyclic) bond motifs is 1. The molecule has 2 aliphatic rings. The molecule has 3 rings (SSSR count). The fraction of sp³-hybridized carbons (Fsp3) is 0.143. The molecule has 96 valence electrons. The summed E-state index contributed by atoms with van der Waals surface area (Å²) in [6, 6.07) is 7.32. The summed E-state index contributed by atoms with van der Waals surface area (Å²) >= 11 is 0. The van der Waals surface area contributed by atoms with Crippen LogP contribution in [0.4, 0.5) is 5.69 Å². The lowest BCUT2D eigenvalue weighted by Crippen LogP contribution is -2.10. The Morgan fingerprint density at radius 1 is 1.32 bits per heavy atom. The molecule has 0 fully saturated rings. The number of hydrogen-bond donors (Lipinski definition) is 1. The Morgan fingerprint density at radius 3 is 2.84 bits per heavy atom. The first-order valence-corrected chi connectivity index (χ1v) is 5.81. The van der Waals surface area contributed by atoms with Gasteiger partial charge in [0, 0.05) is 22.9 Å². The molecule has 0 saturated heterocycles. The molecule has 5 nitrogen and oxygen atoms in total. The van der Waals surface area contributed by atoms with E-state index in [-0.39, 0.29) is 5.91 Å². The van der Waals surface area contributed by atoms with Crippen LogP contribution in [0.1, 0.15) is 12.5 Å². The third-order valence-corrected chi connectivity index (χ3v) is 2.96. The van der Waals surface area contributed by atoms with Crippen LogP contribution in [0.25, 0.3) is 5.57 Å². The van der Waals surface area contributed by atoms with E-state index in [0.29, 0.717) is 11.1 Å². The highest BCUT2D eigenvalue weighted by Crippen LogP contribution is 2.31. The maximum atomic E-state index is 11.8. The van der Waals surface area contributed by atoms with E-state index in [0.717, 1.165) is 11.3 Å². The highest BCUT2D eigenvalue weighted by atomic mass is 16.7. The van der Waals surface area contributed by atoms with E-state index in [1.165, 1.54) is 6.26 Å². The lowest BCUT2D eigenvalue weighted by Gasteiger charge is -2.07. The van der Waals surface area contributed by atoms with Gasteiger partial charge in [0.05, 0.1) is 5.57 Å². The highest BCUT2D eigenvalue weighted by molar-refractivity contribution is 6.31. The zero-order chi connectivity index (χ0) is 13.4. The van der Waals surface area contributed by atoms with Crippen LogP contribution in [0.15, 0.2) is 42.2 Å². The number of cyclic esters (lactones) is 1. The molecule has 0 aliphatic carbocycles. The van der Waals surface area contributed by atoms with Crippen molar-refractivity contribution < 1.29 is 19.1 Å². The van der Waals surface area contributed by atoms with Crippen LogP contribution in [0.5, 0.6) is 0 Å². The summed E-state index contributed by atoms with van der Waals surface area (Å²) in [6.07, 6.45) is 2.13. The van der Waals surface area contributed by atoms with Crippen LogP contribution in [0.3, 0.4) is 0 Å². The van der Waals surface area contributed by atoms with E-state index in [1.807, 2.05) is 24.3 Å². The van der Waals surface area contributed by atoms with Gasteiger partial charge in [0.2, 0.25) is 0 Å². The number of carbonyl (C=O) groups is 2. The van der Waals surface area contributed by atoms with Gasteiger partial charge in [0.1, 0.15) is 6.26 Å². The van der Waals surface area contributed by atoms with Crippen molar-refractivity contribution in [2.24, 2.45) is 0 Å². The fourth-order valence-electron chi connectivity index (χ4n) is 1.96. The van der Waals surface area contributed by atoms with Gasteiger partial charge in [-0.25, -0.2) is 4.79 Å². The summed E-state index contributed by atoms with van der Waals surface area (Å²) in [6.45, 7) is 1.65. The average molecular weight is 257 g/mol. The zero-order valence-corrected chi connectivity index (χ0v) is 10.2. The topological polar surface area (TPSA) is 64.6 Å². The molecule has 2 heterocycles. The van der Waals surface area contributed by atoms with Gasteiger partial charge < -0.3 is 14.8 Å². The molecule has 1 amide bonds. The van der Waals surface area contributed by atoms with Crippen LogP contribution in [0, 0.1) is 0 Å². The first-order valence-electron chi connectivity index (χ1n) is 5.81. The number of para-hydroxylation sites is 1. The summed E-state index contributed by atoms with van der Waals surface area (Å²) in [5, 5.41) is 2.73. The minimum atomic E-state index is -0.763. The number of ether oxygens (including phenoxy) is 2. The standard InChI is InChI=1S/C14H11NO4/c1-8-6-12(19-14(8)17)18-7-10-9-4-2-3-5-11(9)15-13(10)16/h2-7,12H,1H3,(H,15,16)/b10-7-. The Morgan fingerprint density at radius 2 is 2.11 bits per heavy atom. The van der Waals surface area contributed by atoms with Gasteiger partial charge in [-0.1, -0.05) is 18.2 Å². The van der Waals surface area contributed by atoms with Gasteiger partial charge in [-0.2, -0.15) is 0 Å². The molecule has 0 saturated carbocycles. The Hall–Kier alpha value is -2.56.